The Morgan fingerprint density at radius 3 is 2.81 bits per heavy atom. The van der Waals surface area contributed by atoms with Crippen molar-refractivity contribution in [1.29, 1.82) is 0 Å². The Hall–Kier alpha value is -2.63. The van der Waals surface area contributed by atoms with Gasteiger partial charge >= 0.3 is 5.97 Å². The highest BCUT2D eigenvalue weighted by molar-refractivity contribution is 5.96. The van der Waals surface area contributed by atoms with Crippen molar-refractivity contribution in [2.45, 2.75) is 13.8 Å². The number of carbonyl (C=O) groups excluding carboxylic acids is 1. The minimum Gasteiger partial charge on any atom is -0.462 e. The summed E-state index contributed by atoms with van der Waals surface area (Å²) in [7, 11) is 0. The molecule has 1 aromatic heterocycles. The van der Waals surface area contributed by atoms with Gasteiger partial charge < -0.3 is 15.2 Å². The number of ether oxygens (including phenoxy) is 2. The van der Waals surface area contributed by atoms with Gasteiger partial charge in [0.25, 0.3) is 0 Å². The summed E-state index contributed by atoms with van der Waals surface area (Å²) in [5, 5.41) is 0. The number of carbonyl (C=O) groups is 1. The predicted molar refractivity (Wildman–Crippen MR) is 75.8 cm³/mol. The first-order valence-electron chi connectivity index (χ1n) is 6.38. The van der Waals surface area contributed by atoms with Crippen molar-refractivity contribution in [2.24, 2.45) is 0 Å². The van der Waals surface area contributed by atoms with E-state index in [0.717, 1.165) is 0 Å². The molecule has 0 bridgehead atoms. The molecule has 0 unspecified atom stereocenters. The topological polar surface area (TPSA) is 74.4 Å². The lowest BCUT2D eigenvalue weighted by molar-refractivity contribution is 0.0527. The monoisotopic (exact) mass is 290 g/mol. The molecule has 0 aliphatic rings. The Morgan fingerprint density at radius 2 is 2.14 bits per heavy atom. The first-order valence-corrected chi connectivity index (χ1v) is 6.38. The minimum atomic E-state index is -0.543. The Morgan fingerprint density at radius 1 is 1.38 bits per heavy atom. The first kappa shape index (κ1) is 14.8. The molecule has 110 valence electrons. The number of halogens is 1. The van der Waals surface area contributed by atoms with Crippen LogP contribution < -0.4 is 10.5 Å². The minimum absolute atomic E-state index is 0.0789. The van der Waals surface area contributed by atoms with Crippen molar-refractivity contribution < 1.29 is 18.7 Å². The molecular formula is C15H15FN2O3. The highest BCUT2D eigenvalue weighted by Gasteiger charge is 2.16. The zero-order valence-electron chi connectivity index (χ0n) is 11.7. The zero-order valence-corrected chi connectivity index (χ0v) is 11.7. The SMILES string of the molecule is CCOC(=O)c1ccnc(Oc2ccc(F)cc2C)c1N. The Kier molecular flexibility index (Phi) is 4.37. The summed E-state index contributed by atoms with van der Waals surface area (Å²) < 4.78 is 23.5. The van der Waals surface area contributed by atoms with Gasteiger partial charge in [0.1, 0.15) is 17.3 Å². The van der Waals surface area contributed by atoms with Crippen LogP contribution in [0.3, 0.4) is 0 Å². The number of anilines is 1. The number of nitrogen functional groups attached to an aromatic ring is 1. The predicted octanol–water partition coefficient (Wildman–Crippen LogP) is 3.08. The molecule has 5 nitrogen and oxygen atoms in total. The fourth-order valence-corrected chi connectivity index (χ4v) is 1.75. The number of aryl methyl sites for hydroxylation is 1. The number of hydrogen-bond donors (Lipinski definition) is 1. The molecule has 2 rings (SSSR count). The number of pyridine rings is 1. The number of benzene rings is 1. The Bertz CT molecular complexity index is 674. The summed E-state index contributed by atoms with van der Waals surface area (Å²) in [4.78, 5) is 15.7. The molecule has 2 aromatic rings. The van der Waals surface area contributed by atoms with Crippen LogP contribution in [-0.2, 0) is 4.74 Å². The van der Waals surface area contributed by atoms with Crippen LogP contribution in [0.15, 0.2) is 30.5 Å². The number of nitrogens with zero attached hydrogens (tertiary/aromatic N) is 1. The molecule has 0 atom stereocenters. The molecule has 2 N–H and O–H groups in total. The van der Waals surface area contributed by atoms with Crippen LogP contribution in [0.25, 0.3) is 0 Å². The summed E-state index contributed by atoms with van der Waals surface area (Å²) in [6.45, 7) is 3.65. The summed E-state index contributed by atoms with van der Waals surface area (Å²) in [6, 6.07) is 5.54. The summed E-state index contributed by atoms with van der Waals surface area (Å²) in [6.07, 6.45) is 1.40. The normalized spacial score (nSPS) is 10.2. The van der Waals surface area contributed by atoms with Gasteiger partial charge in [-0.25, -0.2) is 14.2 Å². The molecule has 0 amide bonds. The van der Waals surface area contributed by atoms with Gasteiger partial charge in [0, 0.05) is 6.20 Å². The number of aromatic nitrogens is 1. The van der Waals surface area contributed by atoms with E-state index in [1.807, 2.05) is 0 Å². The van der Waals surface area contributed by atoms with Crippen molar-refractivity contribution in [2.75, 3.05) is 12.3 Å². The first-order chi connectivity index (χ1) is 10.0. The molecule has 0 saturated heterocycles. The largest absolute Gasteiger partial charge is 0.462 e. The van der Waals surface area contributed by atoms with Crippen LogP contribution in [0.4, 0.5) is 10.1 Å². The fourth-order valence-electron chi connectivity index (χ4n) is 1.75. The van der Waals surface area contributed by atoms with E-state index in [1.165, 1.54) is 30.5 Å². The molecule has 0 aliphatic carbocycles. The van der Waals surface area contributed by atoms with E-state index in [2.05, 4.69) is 4.98 Å². The van der Waals surface area contributed by atoms with Crippen LogP contribution in [-0.4, -0.2) is 17.6 Å². The second-order valence-corrected chi connectivity index (χ2v) is 4.31. The third-order valence-electron chi connectivity index (χ3n) is 2.79. The lowest BCUT2D eigenvalue weighted by atomic mass is 10.2. The quantitative estimate of drug-likeness (QED) is 0.876. The number of esters is 1. The lowest BCUT2D eigenvalue weighted by Gasteiger charge is -2.11. The molecule has 0 fully saturated rings. The Balaban J connectivity index is 2.32. The van der Waals surface area contributed by atoms with Crippen LogP contribution >= 0.6 is 0 Å². The number of hydrogen-bond acceptors (Lipinski definition) is 5. The maximum absolute atomic E-state index is 13.1. The van der Waals surface area contributed by atoms with Crippen LogP contribution in [0.2, 0.25) is 0 Å². The van der Waals surface area contributed by atoms with Crippen molar-refractivity contribution in [1.82, 2.24) is 4.98 Å². The van der Waals surface area contributed by atoms with Gasteiger partial charge in [-0.05, 0) is 43.7 Å². The van der Waals surface area contributed by atoms with E-state index in [0.29, 0.717) is 11.3 Å². The van der Waals surface area contributed by atoms with Crippen molar-refractivity contribution in [3.8, 4) is 11.6 Å². The van der Waals surface area contributed by atoms with Crippen LogP contribution in [0, 0.1) is 12.7 Å². The number of rotatable bonds is 4. The van der Waals surface area contributed by atoms with Gasteiger partial charge in [0.2, 0.25) is 5.88 Å². The maximum Gasteiger partial charge on any atom is 0.340 e. The second-order valence-electron chi connectivity index (χ2n) is 4.31. The zero-order chi connectivity index (χ0) is 15.4. The van der Waals surface area contributed by atoms with Gasteiger partial charge in [-0.3, -0.25) is 0 Å². The molecule has 6 heteroatoms. The summed E-state index contributed by atoms with van der Waals surface area (Å²) in [5.41, 5.74) is 6.74. The van der Waals surface area contributed by atoms with Crippen LogP contribution in [0.5, 0.6) is 11.6 Å². The van der Waals surface area contributed by atoms with Gasteiger partial charge in [-0.2, -0.15) is 0 Å². The third-order valence-corrected chi connectivity index (χ3v) is 2.79. The van der Waals surface area contributed by atoms with Gasteiger partial charge in [-0.1, -0.05) is 0 Å². The third kappa shape index (κ3) is 3.28. The van der Waals surface area contributed by atoms with E-state index in [4.69, 9.17) is 15.2 Å². The molecule has 1 aromatic carbocycles. The summed E-state index contributed by atoms with van der Waals surface area (Å²) in [5.74, 6) is -0.411. The van der Waals surface area contributed by atoms with E-state index in [1.54, 1.807) is 13.8 Å². The maximum atomic E-state index is 13.1. The molecule has 0 spiro atoms. The standard InChI is InChI=1S/C15H15FN2O3/c1-3-20-15(19)11-6-7-18-14(13(11)17)21-12-5-4-10(16)8-9(12)2/h4-8H,3,17H2,1-2H3. The lowest BCUT2D eigenvalue weighted by Crippen LogP contribution is -2.09. The molecule has 21 heavy (non-hydrogen) atoms. The average molecular weight is 290 g/mol. The molecular weight excluding hydrogens is 275 g/mol. The van der Waals surface area contributed by atoms with Crippen LogP contribution in [0.1, 0.15) is 22.8 Å². The Labute approximate surface area is 121 Å². The smallest absolute Gasteiger partial charge is 0.340 e. The fraction of sp³-hybridized carbons (Fsp3) is 0.200. The van der Waals surface area contributed by atoms with E-state index in [-0.39, 0.29) is 29.6 Å². The summed E-state index contributed by atoms with van der Waals surface area (Å²) >= 11 is 0. The van der Waals surface area contributed by atoms with Gasteiger partial charge in [-0.15, -0.1) is 0 Å². The van der Waals surface area contributed by atoms with Crippen molar-refractivity contribution in [3.05, 3.63) is 47.4 Å². The molecule has 0 saturated carbocycles. The van der Waals surface area contributed by atoms with Crippen molar-refractivity contribution in [3.63, 3.8) is 0 Å². The second kappa shape index (κ2) is 6.21. The van der Waals surface area contributed by atoms with E-state index >= 15 is 0 Å². The van der Waals surface area contributed by atoms with E-state index < -0.39 is 5.97 Å². The molecule has 0 radical (unpaired) electrons. The molecule has 1 heterocycles. The number of nitrogens with two attached hydrogens (primary N) is 1. The highest BCUT2D eigenvalue weighted by Crippen LogP contribution is 2.30. The van der Waals surface area contributed by atoms with Gasteiger partial charge in [0.05, 0.1) is 12.2 Å². The molecule has 0 aliphatic heterocycles. The average Bonchev–Trinajstić information content (AvgIpc) is 2.44. The van der Waals surface area contributed by atoms with E-state index in [9.17, 15) is 9.18 Å². The van der Waals surface area contributed by atoms with Gasteiger partial charge in [0.15, 0.2) is 0 Å². The van der Waals surface area contributed by atoms with Crippen molar-refractivity contribution >= 4 is 11.7 Å². The highest BCUT2D eigenvalue weighted by atomic mass is 19.1.